The summed E-state index contributed by atoms with van der Waals surface area (Å²) >= 11 is 0. The zero-order chi connectivity index (χ0) is 13.3. The number of primary amides is 1. The van der Waals surface area contributed by atoms with Crippen LogP contribution in [0.2, 0.25) is 0 Å². The second-order valence-electron chi connectivity index (χ2n) is 4.09. The van der Waals surface area contributed by atoms with Crippen LogP contribution >= 0.6 is 0 Å². The van der Waals surface area contributed by atoms with Crippen LogP contribution in [0.4, 0.5) is 0 Å². The van der Waals surface area contributed by atoms with Crippen LogP contribution in [-0.2, 0) is 11.2 Å². The van der Waals surface area contributed by atoms with Gasteiger partial charge in [0.15, 0.2) is 0 Å². The Morgan fingerprint density at radius 2 is 1.89 bits per heavy atom. The van der Waals surface area contributed by atoms with Crippen LogP contribution in [0.5, 0.6) is 11.5 Å². The van der Waals surface area contributed by atoms with Crippen LogP contribution in [0.15, 0.2) is 12.1 Å². The first-order valence-corrected chi connectivity index (χ1v) is 5.59. The first kappa shape index (κ1) is 12.3. The zero-order valence-electron chi connectivity index (χ0n) is 10.7. The number of hydrogen-bond acceptors (Lipinski definition) is 3. The van der Waals surface area contributed by atoms with Crippen molar-refractivity contribution in [3.05, 3.63) is 23.4 Å². The zero-order valence-corrected chi connectivity index (χ0v) is 10.7. The van der Waals surface area contributed by atoms with Crippen molar-refractivity contribution in [2.75, 3.05) is 14.2 Å². The molecule has 1 aromatic heterocycles. The van der Waals surface area contributed by atoms with Crippen molar-refractivity contribution in [2.45, 2.75) is 13.3 Å². The van der Waals surface area contributed by atoms with E-state index < -0.39 is 0 Å². The molecule has 2 rings (SSSR count). The van der Waals surface area contributed by atoms with Gasteiger partial charge in [-0.25, -0.2) is 0 Å². The number of aryl methyl sites for hydroxylation is 1. The van der Waals surface area contributed by atoms with Gasteiger partial charge >= 0.3 is 0 Å². The van der Waals surface area contributed by atoms with Crippen molar-refractivity contribution in [1.82, 2.24) is 4.98 Å². The maximum absolute atomic E-state index is 11.2. The van der Waals surface area contributed by atoms with Gasteiger partial charge in [0.2, 0.25) is 5.91 Å². The molecule has 0 saturated heterocycles. The third-order valence-electron chi connectivity index (χ3n) is 2.99. The SMILES string of the molecule is COc1ccc(OC)c2c(CC(N)=O)c(C)[nH]c12. The number of ether oxygens (including phenoxy) is 2. The number of amides is 1. The van der Waals surface area contributed by atoms with Crippen LogP contribution in [-0.4, -0.2) is 25.1 Å². The van der Waals surface area contributed by atoms with Gasteiger partial charge in [0.1, 0.15) is 11.5 Å². The molecule has 96 valence electrons. The van der Waals surface area contributed by atoms with Gasteiger partial charge in [-0.15, -0.1) is 0 Å². The molecule has 5 nitrogen and oxygen atoms in total. The van der Waals surface area contributed by atoms with E-state index in [2.05, 4.69) is 4.98 Å². The lowest BCUT2D eigenvalue weighted by Gasteiger charge is -2.07. The third kappa shape index (κ3) is 1.88. The number of aromatic amines is 1. The number of nitrogens with two attached hydrogens (primary N) is 1. The van der Waals surface area contributed by atoms with Crippen molar-refractivity contribution in [3.63, 3.8) is 0 Å². The Balaban J connectivity index is 2.77. The average molecular weight is 248 g/mol. The van der Waals surface area contributed by atoms with Gasteiger partial charge in [0.05, 0.1) is 26.2 Å². The van der Waals surface area contributed by atoms with Gasteiger partial charge in [-0.2, -0.15) is 0 Å². The van der Waals surface area contributed by atoms with Crippen molar-refractivity contribution in [1.29, 1.82) is 0 Å². The van der Waals surface area contributed by atoms with E-state index in [1.165, 1.54) is 0 Å². The second kappa shape index (κ2) is 4.60. The standard InChI is InChI=1S/C13H16N2O3/c1-7-8(6-11(14)16)12-9(17-2)4-5-10(18-3)13(12)15-7/h4-5,15H,6H2,1-3H3,(H2,14,16). The first-order valence-electron chi connectivity index (χ1n) is 5.59. The Bertz CT molecular complexity index is 602. The van der Waals surface area contributed by atoms with Crippen molar-refractivity contribution >= 4 is 16.8 Å². The Labute approximate surface area is 105 Å². The minimum atomic E-state index is -0.371. The number of benzene rings is 1. The minimum Gasteiger partial charge on any atom is -0.496 e. The van der Waals surface area contributed by atoms with E-state index >= 15 is 0 Å². The molecule has 1 amide bonds. The summed E-state index contributed by atoms with van der Waals surface area (Å²) in [4.78, 5) is 14.4. The quantitative estimate of drug-likeness (QED) is 0.861. The number of nitrogens with one attached hydrogen (secondary N) is 1. The van der Waals surface area contributed by atoms with E-state index in [1.807, 2.05) is 19.1 Å². The summed E-state index contributed by atoms with van der Waals surface area (Å²) in [7, 11) is 3.20. The lowest BCUT2D eigenvalue weighted by atomic mass is 10.1. The molecule has 0 radical (unpaired) electrons. The third-order valence-corrected chi connectivity index (χ3v) is 2.99. The van der Waals surface area contributed by atoms with Gasteiger partial charge < -0.3 is 20.2 Å². The minimum absolute atomic E-state index is 0.176. The molecule has 2 aromatic rings. The summed E-state index contributed by atoms with van der Waals surface area (Å²) < 4.78 is 10.6. The molecular weight excluding hydrogens is 232 g/mol. The van der Waals surface area contributed by atoms with E-state index in [4.69, 9.17) is 15.2 Å². The fourth-order valence-electron chi connectivity index (χ4n) is 2.17. The number of aromatic nitrogens is 1. The Morgan fingerprint density at radius 3 is 2.44 bits per heavy atom. The summed E-state index contributed by atoms with van der Waals surface area (Å²) in [5, 5.41) is 0.855. The summed E-state index contributed by atoms with van der Waals surface area (Å²) in [6, 6.07) is 3.64. The Hall–Kier alpha value is -2.17. The molecule has 0 saturated carbocycles. The fraction of sp³-hybridized carbons (Fsp3) is 0.308. The summed E-state index contributed by atoms with van der Waals surface area (Å²) in [6.07, 6.45) is 0.176. The van der Waals surface area contributed by atoms with Gasteiger partial charge in [0.25, 0.3) is 0 Å². The lowest BCUT2D eigenvalue weighted by molar-refractivity contribution is -0.117. The van der Waals surface area contributed by atoms with Crippen LogP contribution in [0, 0.1) is 6.92 Å². The highest BCUT2D eigenvalue weighted by molar-refractivity contribution is 5.97. The number of methoxy groups -OCH3 is 2. The molecule has 5 heteroatoms. The number of carbonyl (C=O) groups is 1. The molecule has 0 unspecified atom stereocenters. The summed E-state index contributed by atoms with van der Waals surface area (Å²) in [5.41, 5.74) is 7.86. The number of hydrogen-bond donors (Lipinski definition) is 2. The molecule has 0 atom stereocenters. The molecule has 3 N–H and O–H groups in total. The average Bonchev–Trinajstić information content (AvgIpc) is 2.65. The first-order chi connectivity index (χ1) is 8.58. The molecule has 0 aliphatic heterocycles. The molecule has 0 fully saturated rings. The molecular formula is C13H16N2O3. The molecule has 1 aromatic carbocycles. The highest BCUT2D eigenvalue weighted by Gasteiger charge is 2.17. The number of H-pyrrole nitrogens is 1. The molecule has 0 bridgehead atoms. The smallest absolute Gasteiger partial charge is 0.221 e. The van der Waals surface area contributed by atoms with Crippen LogP contribution in [0.1, 0.15) is 11.3 Å². The van der Waals surface area contributed by atoms with Crippen molar-refractivity contribution in [2.24, 2.45) is 5.73 Å². The highest BCUT2D eigenvalue weighted by Crippen LogP contribution is 2.36. The monoisotopic (exact) mass is 248 g/mol. The number of rotatable bonds is 4. The van der Waals surface area contributed by atoms with Gasteiger partial charge in [-0.1, -0.05) is 0 Å². The lowest BCUT2D eigenvalue weighted by Crippen LogP contribution is -2.14. The van der Waals surface area contributed by atoms with Gasteiger partial charge in [-0.05, 0) is 24.6 Å². The van der Waals surface area contributed by atoms with E-state index in [0.29, 0.717) is 11.5 Å². The Morgan fingerprint density at radius 1 is 1.28 bits per heavy atom. The molecule has 0 spiro atoms. The topological polar surface area (TPSA) is 77.3 Å². The van der Waals surface area contributed by atoms with Crippen LogP contribution in [0.3, 0.4) is 0 Å². The molecule has 18 heavy (non-hydrogen) atoms. The maximum atomic E-state index is 11.2. The van der Waals surface area contributed by atoms with Gasteiger partial charge in [0, 0.05) is 11.1 Å². The van der Waals surface area contributed by atoms with Crippen molar-refractivity contribution in [3.8, 4) is 11.5 Å². The van der Waals surface area contributed by atoms with E-state index in [-0.39, 0.29) is 12.3 Å². The Kier molecular flexibility index (Phi) is 3.14. The number of carbonyl (C=O) groups excluding carboxylic acids is 1. The predicted octanol–water partition coefficient (Wildman–Crippen LogP) is 1.52. The largest absolute Gasteiger partial charge is 0.496 e. The van der Waals surface area contributed by atoms with E-state index in [1.54, 1.807) is 14.2 Å². The van der Waals surface area contributed by atoms with Gasteiger partial charge in [-0.3, -0.25) is 4.79 Å². The second-order valence-corrected chi connectivity index (χ2v) is 4.09. The van der Waals surface area contributed by atoms with Crippen molar-refractivity contribution < 1.29 is 14.3 Å². The summed E-state index contributed by atoms with van der Waals surface area (Å²) in [5.74, 6) is 1.04. The predicted molar refractivity (Wildman–Crippen MR) is 69.0 cm³/mol. The van der Waals surface area contributed by atoms with Crippen LogP contribution < -0.4 is 15.2 Å². The maximum Gasteiger partial charge on any atom is 0.221 e. The van der Waals surface area contributed by atoms with Crippen LogP contribution in [0.25, 0.3) is 10.9 Å². The highest BCUT2D eigenvalue weighted by atomic mass is 16.5. The number of fused-ring (bicyclic) bond motifs is 1. The summed E-state index contributed by atoms with van der Waals surface area (Å²) in [6.45, 7) is 1.90. The molecule has 1 heterocycles. The van der Waals surface area contributed by atoms with E-state index in [9.17, 15) is 4.79 Å². The van der Waals surface area contributed by atoms with E-state index in [0.717, 1.165) is 22.2 Å². The normalized spacial score (nSPS) is 10.6. The fourth-order valence-corrected chi connectivity index (χ4v) is 2.17. The molecule has 0 aliphatic carbocycles. The molecule has 0 aliphatic rings.